The van der Waals surface area contributed by atoms with Crippen LogP contribution in [-0.4, -0.2) is 114 Å². The third kappa shape index (κ3) is 4.19. The molecule has 9 N–H and O–H groups in total. The van der Waals surface area contributed by atoms with Gasteiger partial charge < -0.3 is 50.0 Å². The minimum atomic E-state index is -4.84. The molecule has 2 unspecified atom stereocenters. The lowest BCUT2D eigenvalue weighted by Gasteiger charge is -2.26. The van der Waals surface area contributed by atoms with Crippen LogP contribution in [0.5, 0.6) is 0 Å². The lowest BCUT2D eigenvalue weighted by Crippen LogP contribution is -2.36. The van der Waals surface area contributed by atoms with Crippen molar-refractivity contribution in [3.63, 3.8) is 0 Å². The van der Waals surface area contributed by atoms with E-state index in [1.807, 2.05) is 0 Å². The molecule has 6 heterocycles. The molecule has 19 nitrogen and oxygen atoms in total. The maximum Gasteiger partial charge on any atom is 0.337 e. The van der Waals surface area contributed by atoms with Crippen molar-refractivity contribution in [1.29, 1.82) is 0 Å². The number of ether oxygens (including phenoxy) is 2. The van der Waals surface area contributed by atoms with Gasteiger partial charge in [0.05, 0.1) is 32.0 Å². The van der Waals surface area contributed by atoms with Crippen molar-refractivity contribution in [2.45, 2.75) is 48.5 Å². The van der Waals surface area contributed by atoms with Crippen LogP contribution in [0, 0.1) is 0 Å². The van der Waals surface area contributed by atoms with Crippen molar-refractivity contribution >= 4 is 35.6 Å². The van der Waals surface area contributed by atoms with Crippen LogP contribution in [-0.2, 0) is 18.6 Å². The summed E-state index contributed by atoms with van der Waals surface area (Å²) in [6.07, 6.45) is -6.36. The molecule has 4 aromatic rings. The van der Waals surface area contributed by atoms with Crippen LogP contribution in [0.15, 0.2) is 23.8 Å². The van der Waals surface area contributed by atoms with Crippen LogP contribution in [0.1, 0.15) is 18.0 Å². The highest BCUT2D eigenvalue weighted by atomic mass is 31.2. The Morgan fingerprint density at radius 3 is 2.65 bits per heavy atom. The molecule has 6 rings (SSSR count). The number of hydrogen-bond acceptors (Lipinski definition) is 15. The number of fused-ring (bicyclic) bond motifs is 2. The van der Waals surface area contributed by atoms with Gasteiger partial charge in [0.15, 0.2) is 17.7 Å². The molecule has 0 amide bonds. The first kappa shape index (κ1) is 26.8. The topological polar surface area (TPSA) is 290 Å². The number of nitrogens with zero attached hydrogens (tertiary/aromatic N) is 6. The number of aromatic amines is 2. The molecule has 40 heavy (non-hydrogen) atoms. The van der Waals surface area contributed by atoms with Gasteiger partial charge in [-0.05, 0) is 0 Å². The number of nitrogen functional groups attached to an aromatic ring is 1. The van der Waals surface area contributed by atoms with Gasteiger partial charge in [0.25, 0.3) is 5.56 Å². The third-order valence-corrected chi connectivity index (χ3v) is 8.84. The van der Waals surface area contributed by atoms with Crippen molar-refractivity contribution in [2.24, 2.45) is 0 Å². The Balaban J connectivity index is 1.24. The quantitative estimate of drug-likeness (QED) is 0.101. The van der Waals surface area contributed by atoms with Crippen LogP contribution < -0.4 is 11.3 Å². The summed E-state index contributed by atoms with van der Waals surface area (Å²) in [5, 5.41) is 48.2. The van der Waals surface area contributed by atoms with E-state index >= 15 is 0 Å². The van der Waals surface area contributed by atoms with Gasteiger partial charge in [-0.25, -0.2) is 19.9 Å². The average molecular weight is 581 g/mol. The Kier molecular flexibility index (Phi) is 6.64. The smallest absolute Gasteiger partial charge is 0.337 e. The monoisotopic (exact) mass is 581 g/mol. The van der Waals surface area contributed by atoms with E-state index in [9.17, 15) is 34.7 Å². The van der Waals surface area contributed by atoms with Crippen molar-refractivity contribution in [1.82, 2.24) is 39.7 Å². The Bertz CT molecular complexity index is 1660. The first-order valence-corrected chi connectivity index (χ1v) is 13.5. The lowest BCUT2D eigenvalue weighted by molar-refractivity contribution is -0.0490. The van der Waals surface area contributed by atoms with E-state index < -0.39 is 74.9 Å². The third-order valence-electron chi connectivity index (χ3n) is 6.99. The van der Waals surface area contributed by atoms with Crippen molar-refractivity contribution in [3.05, 3.63) is 35.0 Å². The Morgan fingerprint density at radius 1 is 1.07 bits per heavy atom. The highest BCUT2D eigenvalue weighted by Gasteiger charge is 2.56. The summed E-state index contributed by atoms with van der Waals surface area (Å²) in [7, 11) is -4.84. The summed E-state index contributed by atoms with van der Waals surface area (Å²) >= 11 is 0. The fourth-order valence-corrected chi connectivity index (χ4v) is 6.64. The van der Waals surface area contributed by atoms with Gasteiger partial charge in [0.2, 0.25) is 0 Å². The summed E-state index contributed by atoms with van der Waals surface area (Å²) in [5.74, 6) is 0.0930. The second kappa shape index (κ2) is 9.91. The highest BCUT2D eigenvalue weighted by Crippen LogP contribution is 2.58. The SMILES string of the molecule is Nc1ncnc2c1ncn2[C@@H]1O[C@H](COP(=O)(O)[C@H]2C(c3n[nH]c4c(=O)[nH]cnc34)O[C@H](CO)[C@H]2O)[C@@H](O)[C@H]1O. The summed E-state index contributed by atoms with van der Waals surface area (Å²) in [5.41, 5.74) is 3.98. The van der Waals surface area contributed by atoms with E-state index in [-0.39, 0.29) is 33.7 Å². The summed E-state index contributed by atoms with van der Waals surface area (Å²) in [6.45, 7) is -1.39. The predicted octanol–water partition coefficient (Wildman–Crippen LogP) is -2.95. The maximum absolute atomic E-state index is 13.5. The Hall–Kier alpha value is -3.39. The van der Waals surface area contributed by atoms with E-state index in [0.717, 1.165) is 6.33 Å². The fraction of sp³-hybridized carbons (Fsp3) is 0.500. The van der Waals surface area contributed by atoms with Crippen molar-refractivity contribution < 1.29 is 43.9 Å². The Labute approximate surface area is 222 Å². The van der Waals surface area contributed by atoms with Gasteiger partial charge in [0.1, 0.15) is 64.8 Å². The second-order valence-electron chi connectivity index (χ2n) is 9.31. The van der Waals surface area contributed by atoms with E-state index in [1.54, 1.807) is 0 Å². The molecule has 0 aliphatic carbocycles. The number of aliphatic hydroxyl groups is 4. The molecule has 0 saturated carbocycles. The van der Waals surface area contributed by atoms with Gasteiger partial charge in [-0.2, -0.15) is 5.10 Å². The number of nitrogens with one attached hydrogen (secondary N) is 2. The van der Waals surface area contributed by atoms with Gasteiger partial charge in [-0.3, -0.25) is 19.0 Å². The zero-order valence-electron chi connectivity index (χ0n) is 20.3. The molecule has 20 heteroatoms. The zero-order valence-corrected chi connectivity index (χ0v) is 21.1. The molecule has 214 valence electrons. The number of anilines is 1. The molecule has 2 aliphatic heterocycles. The van der Waals surface area contributed by atoms with Crippen LogP contribution in [0.25, 0.3) is 22.2 Å². The number of hydrogen-bond donors (Lipinski definition) is 8. The molecule has 2 fully saturated rings. The molecule has 2 aliphatic rings. The van der Waals surface area contributed by atoms with Gasteiger partial charge in [-0.1, -0.05) is 0 Å². The predicted molar refractivity (Wildman–Crippen MR) is 130 cm³/mol. The van der Waals surface area contributed by atoms with Crippen LogP contribution in [0.3, 0.4) is 0 Å². The molecule has 9 atom stereocenters. The van der Waals surface area contributed by atoms with Crippen LogP contribution in [0.4, 0.5) is 5.82 Å². The molecule has 0 radical (unpaired) electrons. The highest BCUT2D eigenvalue weighted by molar-refractivity contribution is 7.53. The zero-order chi connectivity index (χ0) is 28.3. The number of H-pyrrole nitrogens is 2. The van der Waals surface area contributed by atoms with Crippen molar-refractivity contribution in [3.8, 4) is 0 Å². The van der Waals surface area contributed by atoms with Crippen molar-refractivity contribution in [2.75, 3.05) is 18.9 Å². The first-order valence-electron chi connectivity index (χ1n) is 11.9. The Morgan fingerprint density at radius 2 is 1.88 bits per heavy atom. The van der Waals surface area contributed by atoms with Crippen LogP contribution >= 0.6 is 7.60 Å². The molecule has 2 saturated heterocycles. The summed E-state index contributed by atoms with van der Waals surface area (Å²) in [4.78, 5) is 41.4. The molecule has 0 aromatic carbocycles. The fourth-order valence-electron chi connectivity index (χ4n) is 4.97. The van der Waals surface area contributed by atoms with Gasteiger partial charge in [-0.15, -0.1) is 0 Å². The second-order valence-corrected chi connectivity index (χ2v) is 11.3. The number of imidazole rings is 1. The normalized spacial score (nSPS) is 32.2. The largest absolute Gasteiger partial charge is 0.394 e. The number of aliphatic hydroxyl groups excluding tert-OH is 4. The number of aromatic nitrogens is 8. The number of nitrogens with two attached hydrogens (primary N) is 1. The number of rotatable bonds is 7. The van der Waals surface area contributed by atoms with Gasteiger partial charge in [0, 0.05) is 0 Å². The molecule has 0 bridgehead atoms. The average Bonchev–Trinajstić information content (AvgIpc) is 3.68. The molecule has 0 spiro atoms. The van der Waals surface area contributed by atoms with E-state index in [2.05, 4.69) is 35.1 Å². The minimum absolute atomic E-state index is 0.0297. The standard InChI is InChI=1S/C20H24N9O10P/c21-17-11-18(24-4-23-17)29(5-26-11)20-14(33)12(31)7(39-20)2-37-40(35,36)16-13(32)6(1-30)38-15(16)9-8-10(28-27-9)19(34)25-3-22-8/h3-7,12-16,20,30-33H,1-2H2,(H,27,28)(H,35,36)(H2,21,23,24)(H,22,25,34)/t6-,7-,12-,13-,14-,15?,16-,20-/m1/s1. The first-order chi connectivity index (χ1) is 19.1. The van der Waals surface area contributed by atoms with E-state index in [1.165, 1.54) is 17.2 Å². The van der Waals surface area contributed by atoms with Crippen LogP contribution in [0.2, 0.25) is 0 Å². The maximum atomic E-state index is 13.5. The lowest BCUT2D eigenvalue weighted by atomic mass is 10.1. The van der Waals surface area contributed by atoms with E-state index in [0.29, 0.717) is 0 Å². The molecular weight excluding hydrogens is 557 g/mol. The van der Waals surface area contributed by atoms with E-state index in [4.69, 9.17) is 19.7 Å². The summed E-state index contributed by atoms with van der Waals surface area (Å²) < 4.78 is 31.5. The van der Waals surface area contributed by atoms with Gasteiger partial charge >= 0.3 is 7.60 Å². The molecular formula is C20H24N9O10P. The molecule has 4 aromatic heterocycles. The minimum Gasteiger partial charge on any atom is -0.394 e. The summed E-state index contributed by atoms with van der Waals surface area (Å²) in [6, 6.07) is 0.